The van der Waals surface area contributed by atoms with Gasteiger partial charge in [-0.2, -0.15) is 0 Å². The summed E-state index contributed by atoms with van der Waals surface area (Å²) in [6.45, 7) is 3.24. The Balaban J connectivity index is 1.60. The first-order valence-electron chi connectivity index (χ1n) is 8.99. The lowest BCUT2D eigenvalue weighted by atomic mass is 10.1. The summed E-state index contributed by atoms with van der Waals surface area (Å²) in [5.74, 6) is 1.06. The Bertz CT molecular complexity index is 863. The number of nitro groups is 1. The Kier molecular flexibility index (Phi) is 6.10. The summed E-state index contributed by atoms with van der Waals surface area (Å²) in [4.78, 5) is 27.3. The molecule has 8 heteroatoms. The normalized spacial score (nSPS) is 14.6. The quantitative estimate of drug-likeness (QED) is 0.561. The SMILES string of the molecule is COc1ccc(C(=O)N2CCN(Cc3cccc([N+](=O)[O-])c3)CC2)cc1OC. The maximum absolute atomic E-state index is 12.8. The van der Waals surface area contributed by atoms with E-state index in [0.29, 0.717) is 49.8 Å². The van der Waals surface area contributed by atoms with Crippen molar-refractivity contribution in [3.05, 3.63) is 63.7 Å². The third-order valence-electron chi connectivity index (χ3n) is 4.82. The molecule has 0 atom stereocenters. The molecule has 0 spiro atoms. The van der Waals surface area contributed by atoms with Gasteiger partial charge in [-0.15, -0.1) is 0 Å². The summed E-state index contributed by atoms with van der Waals surface area (Å²) in [5.41, 5.74) is 1.55. The van der Waals surface area contributed by atoms with Crippen LogP contribution in [0.2, 0.25) is 0 Å². The largest absolute Gasteiger partial charge is 0.493 e. The molecule has 0 saturated carbocycles. The highest BCUT2D eigenvalue weighted by molar-refractivity contribution is 5.95. The lowest BCUT2D eigenvalue weighted by Gasteiger charge is -2.34. The maximum atomic E-state index is 12.8. The van der Waals surface area contributed by atoms with Gasteiger partial charge in [-0.3, -0.25) is 19.8 Å². The molecule has 1 aliphatic rings. The molecular weight excluding hydrogens is 362 g/mol. The number of non-ortho nitro benzene ring substituents is 1. The molecule has 2 aromatic rings. The van der Waals surface area contributed by atoms with Crippen LogP contribution < -0.4 is 9.47 Å². The molecule has 0 bridgehead atoms. The lowest BCUT2D eigenvalue weighted by Crippen LogP contribution is -2.48. The van der Waals surface area contributed by atoms with Gasteiger partial charge in [-0.05, 0) is 23.8 Å². The number of carbonyl (C=O) groups excluding carboxylic acids is 1. The summed E-state index contributed by atoms with van der Waals surface area (Å²) >= 11 is 0. The van der Waals surface area contributed by atoms with Gasteiger partial charge in [0.1, 0.15) is 0 Å². The summed E-state index contributed by atoms with van der Waals surface area (Å²) in [5, 5.41) is 10.9. The Labute approximate surface area is 163 Å². The molecule has 0 N–H and O–H groups in total. The number of amides is 1. The van der Waals surface area contributed by atoms with Gasteiger partial charge in [0.05, 0.1) is 19.1 Å². The molecule has 1 saturated heterocycles. The number of hydrogen-bond acceptors (Lipinski definition) is 6. The second-order valence-corrected chi connectivity index (χ2v) is 6.57. The van der Waals surface area contributed by atoms with Crippen molar-refractivity contribution in [1.29, 1.82) is 0 Å². The molecule has 0 aromatic heterocycles. The van der Waals surface area contributed by atoms with Crippen molar-refractivity contribution < 1.29 is 19.2 Å². The molecule has 2 aromatic carbocycles. The standard InChI is InChI=1S/C20H23N3O5/c1-27-18-7-6-16(13-19(18)28-2)20(24)22-10-8-21(9-11-22)14-15-4-3-5-17(12-15)23(25)26/h3-7,12-13H,8-11,14H2,1-2H3. The van der Waals surface area contributed by atoms with Gasteiger partial charge in [0.15, 0.2) is 11.5 Å². The zero-order valence-corrected chi connectivity index (χ0v) is 16.0. The van der Waals surface area contributed by atoms with E-state index in [2.05, 4.69) is 4.90 Å². The number of piperazine rings is 1. The van der Waals surface area contributed by atoms with Crippen molar-refractivity contribution in [2.24, 2.45) is 0 Å². The maximum Gasteiger partial charge on any atom is 0.269 e. The van der Waals surface area contributed by atoms with Gasteiger partial charge in [0.2, 0.25) is 0 Å². The molecule has 1 aliphatic heterocycles. The molecule has 148 valence electrons. The average molecular weight is 385 g/mol. The highest BCUT2D eigenvalue weighted by Crippen LogP contribution is 2.28. The minimum Gasteiger partial charge on any atom is -0.493 e. The van der Waals surface area contributed by atoms with Gasteiger partial charge in [0, 0.05) is 50.4 Å². The molecule has 0 unspecified atom stereocenters. The number of methoxy groups -OCH3 is 2. The van der Waals surface area contributed by atoms with Crippen molar-refractivity contribution in [1.82, 2.24) is 9.80 Å². The number of benzene rings is 2. The number of nitro benzene ring substituents is 1. The van der Waals surface area contributed by atoms with Gasteiger partial charge in [0.25, 0.3) is 11.6 Å². The second-order valence-electron chi connectivity index (χ2n) is 6.57. The van der Waals surface area contributed by atoms with Crippen LogP contribution in [0.5, 0.6) is 11.5 Å². The molecular formula is C20H23N3O5. The van der Waals surface area contributed by atoms with Gasteiger partial charge < -0.3 is 14.4 Å². The Morgan fingerprint density at radius 3 is 2.39 bits per heavy atom. The Morgan fingerprint density at radius 1 is 1.04 bits per heavy atom. The summed E-state index contributed by atoms with van der Waals surface area (Å²) in [6.07, 6.45) is 0. The number of carbonyl (C=O) groups is 1. The van der Waals surface area contributed by atoms with Crippen molar-refractivity contribution >= 4 is 11.6 Å². The first kappa shape index (κ1) is 19.6. The van der Waals surface area contributed by atoms with E-state index in [4.69, 9.17) is 9.47 Å². The fourth-order valence-corrected chi connectivity index (χ4v) is 3.29. The smallest absolute Gasteiger partial charge is 0.269 e. The van der Waals surface area contributed by atoms with Crippen LogP contribution in [0.3, 0.4) is 0 Å². The second kappa shape index (κ2) is 8.71. The molecule has 8 nitrogen and oxygen atoms in total. The fourth-order valence-electron chi connectivity index (χ4n) is 3.29. The highest BCUT2D eigenvalue weighted by atomic mass is 16.6. The van der Waals surface area contributed by atoms with Crippen LogP contribution in [0, 0.1) is 10.1 Å². The van der Waals surface area contributed by atoms with Crippen LogP contribution >= 0.6 is 0 Å². The highest BCUT2D eigenvalue weighted by Gasteiger charge is 2.23. The summed E-state index contributed by atoms with van der Waals surface area (Å²) < 4.78 is 10.5. The van der Waals surface area contributed by atoms with Crippen LogP contribution in [-0.4, -0.2) is 61.0 Å². The summed E-state index contributed by atoms with van der Waals surface area (Å²) in [6, 6.07) is 11.8. The lowest BCUT2D eigenvalue weighted by molar-refractivity contribution is -0.384. The molecule has 28 heavy (non-hydrogen) atoms. The van der Waals surface area contributed by atoms with Gasteiger partial charge in [-0.25, -0.2) is 0 Å². The van der Waals surface area contributed by atoms with Crippen LogP contribution in [0.25, 0.3) is 0 Å². The number of ether oxygens (including phenoxy) is 2. The van der Waals surface area contributed by atoms with E-state index >= 15 is 0 Å². The van der Waals surface area contributed by atoms with E-state index in [9.17, 15) is 14.9 Å². The zero-order valence-electron chi connectivity index (χ0n) is 16.0. The van der Waals surface area contributed by atoms with Crippen LogP contribution in [-0.2, 0) is 6.54 Å². The van der Waals surface area contributed by atoms with E-state index in [-0.39, 0.29) is 16.5 Å². The van der Waals surface area contributed by atoms with Crippen molar-refractivity contribution in [2.45, 2.75) is 6.54 Å². The topological polar surface area (TPSA) is 85.2 Å². The minimum absolute atomic E-state index is 0.0454. The van der Waals surface area contributed by atoms with E-state index in [0.717, 1.165) is 5.56 Å². The van der Waals surface area contributed by atoms with Gasteiger partial charge >= 0.3 is 0 Å². The van der Waals surface area contributed by atoms with Gasteiger partial charge in [-0.1, -0.05) is 12.1 Å². The monoisotopic (exact) mass is 385 g/mol. The van der Waals surface area contributed by atoms with E-state index in [1.807, 2.05) is 11.0 Å². The fraction of sp³-hybridized carbons (Fsp3) is 0.350. The molecule has 1 heterocycles. The van der Waals surface area contributed by atoms with Crippen molar-refractivity contribution in [3.8, 4) is 11.5 Å². The predicted octanol–water partition coefficient (Wildman–Crippen LogP) is 2.57. The first-order valence-corrected chi connectivity index (χ1v) is 8.99. The number of hydrogen-bond donors (Lipinski definition) is 0. The predicted molar refractivity (Wildman–Crippen MR) is 104 cm³/mol. The van der Waals surface area contributed by atoms with Crippen LogP contribution in [0.15, 0.2) is 42.5 Å². The van der Waals surface area contributed by atoms with Crippen LogP contribution in [0.4, 0.5) is 5.69 Å². The molecule has 1 amide bonds. The molecule has 0 radical (unpaired) electrons. The zero-order chi connectivity index (χ0) is 20.1. The average Bonchev–Trinajstić information content (AvgIpc) is 2.73. The van der Waals surface area contributed by atoms with Crippen LogP contribution in [0.1, 0.15) is 15.9 Å². The molecule has 3 rings (SSSR count). The summed E-state index contributed by atoms with van der Waals surface area (Å²) in [7, 11) is 3.10. The van der Waals surface area contributed by atoms with E-state index < -0.39 is 0 Å². The third-order valence-corrected chi connectivity index (χ3v) is 4.82. The number of rotatable bonds is 6. The Hall–Kier alpha value is -3.13. The third kappa shape index (κ3) is 4.40. The van der Waals surface area contributed by atoms with E-state index in [1.165, 1.54) is 6.07 Å². The van der Waals surface area contributed by atoms with Crippen molar-refractivity contribution in [2.75, 3.05) is 40.4 Å². The molecule has 0 aliphatic carbocycles. The van der Waals surface area contributed by atoms with Crippen molar-refractivity contribution in [3.63, 3.8) is 0 Å². The first-order chi connectivity index (χ1) is 13.5. The minimum atomic E-state index is -0.386. The molecule has 1 fully saturated rings. The van der Waals surface area contributed by atoms with E-state index in [1.54, 1.807) is 44.6 Å². The number of nitrogens with zero attached hydrogens (tertiary/aromatic N) is 3. The Morgan fingerprint density at radius 2 is 1.75 bits per heavy atom.